The summed E-state index contributed by atoms with van der Waals surface area (Å²) in [5.41, 5.74) is 3.98. The molecule has 0 unspecified atom stereocenters. The highest BCUT2D eigenvalue weighted by atomic mass is 16.5. The van der Waals surface area contributed by atoms with E-state index in [9.17, 15) is 4.79 Å². The van der Waals surface area contributed by atoms with E-state index in [-0.39, 0.29) is 13.2 Å². The summed E-state index contributed by atoms with van der Waals surface area (Å²) in [6.07, 6.45) is 3.02. The summed E-state index contributed by atoms with van der Waals surface area (Å²) in [5, 5.41) is 4.59. The molecule has 3 aromatic carbocycles. The molecule has 0 fully saturated rings. The van der Waals surface area contributed by atoms with E-state index in [1.54, 1.807) is 30.9 Å². The summed E-state index contributed by atoms with van der Waals surface area (Å²) in [4.78, 5) is 16.5. The maximum Gasteiger partial charge on any atom is 0.330 e. The number of hydrogen-bond donors (Lipinski definition) is 0. The summed E-state index contributed by atoms with van der Waals surface area (Å²) < 4.78 is 30.2. The fourth-order valence-corrected chi connectivity index (χ4v) is 4.17. The van der Waals surface area contributed by atoms with Crippen LogP contribution in [0.1, 0.15) is 29.6 Å². The van der Waals surface area contributed by atoms with Crippen molar-refractivity contribution in [2.75, 3.05) is 13.7 Å². The van der Waals surface area contributed by atoms with Crippen LogP contribution in [0.15, 0.2) is 95.4 Å². The maximum atomic E-state index is 11.9. The van der Waals surface area contributed by atoms with Crippen LogP contribution >= 0.6 is 0 Å². The van der Waals surface area contributed by atoms with Gasteiger partial charge in [-0.1, -0.05) is 42.5 Å². The molecule has 9 heteroatoms. The van der Waals surface area contributed by atoms with E-state index < -0.39 is 5.97 Å². The van der Waals surface area contributed by atoms with Gasteiger partial charge in [-0.3, -0.25) is 0 Å². The minimum atomic E-state index is -0.425. The normalized spacial score (nSPS) is 11.0. The Balaban J connectivity index is 1.27. The number of methoxy groups -OCH3 is 1. The summed E-state index contributed by atoms with van der Waals surface area (Å²) in [6, 6.07) is 26.7. The van der Waals surface area contributed by atoms with E-state index in [1.165, 1.54) is 6.08 Å². The predicted octanol–water partition coefficient (Wildman–Crippen LogP) is 6.58. The lowest BCUT2D eigenvalue weighted by molar-refractivity contribution is -0.137. The molecule has 42 heavy (non-hydrogen) atoms. The predicted molar refractivity (Wildman–Crippen MR) is 158 cm³/mol. The highest BCUT2D eigenvalue weighted by Crippen LogP contribution is 2.30. The van der Waals surface area contributed by atoms with Crippen molar-refractivity contribution in [2.24, 2.45) is 0 Å². The molecule has 5 aromatic rings. The molecule has 0 bridgehead atoms. The molecule has 0 amide bonds. The summed E-state index contributed by atoms with van der Waals surface area (Å²) >= 11 is 0. The number of aromatic nitrogens is 3. The van der Waals surface area contributed by atoms with Crippen LogP contribution in [0, 0.1) is 6.92 Å². The zero-order valence-electron chi connectivity index (χ0n) is 23.7. The van der Waals surface area contributed by atoms with Crippen molar-refractivity contribution in [3.8, 4) is 34.5 Å². The molecule has 0 atom stereocenters. The number of oxazole rings is 1. The van der Waals surface area contributed by atoms with Crippen molar-refractivity contribution >= 4 is 12.0 Å². The molecule has 0 spiro atoms. The van der Waals surface area contributed by atoms with Crippen LogP contribution in [-0.2, 0) is 22.7 Å². The minimum absolute atomic E-state index is 0.230. The van der Waals surface area contributed by atoms with Gasteiger partial charge in [-0.25, -0.2) is 14.5 Å². The van der Waals surface area contributed by atoms with Crippen molar-refractivity contribution in [2.45, 2.75) is 27.1 Å². The third kappa shape index (κ3) is 6.87. The first-order valence-corrected chi connectivity index (χ1v) is 13.5. The molecule has 0 aliphatic rings. The number of carbonyl (C=O) groups excluding carboxylic acids is 1. The molecular formula is C33H31N3O6. The molecule has 0 aliphatic carbocycles. The lowest BCUT2D eigenvalue weighted by atomic mass is 10.2. The van der Waals surface area contributed by atoms with Crippen LogP contribution in [0.4, 0.5) is 0 Å². The van der Waals surface area contributed by atoms with Gasteiger partial charge >= 0.3 is 5.97 Å². The zero-order valence-corrected chi connectivity index (χ0v) is 23.7. The summed E-state index contributed by atoms with van der Waals surface area (Å²) in [5.74, 6) is 2.37. The van der Waals surface area contributed by atoms with E-state index in [0.717, 1.165) is 16.8 Å². The lowest BCUT2D eigenvalue weighted by Crippen LogP contribution is -2.02. The van der Waals surface area contributed by atoms with Crippen LogP contribution in [-0.4, -0.2) is 34.5 Å². The van der Waals surface area contributed by atoms with Crippen molar-refractivity contribution in [3.63, 3.8) is 0 Å². The quantitative estimate of drug-likeness (QED) is 0.124. The van der Waals surface area contributed by atoms with Crippen LogP contribution < -0.4 is 14.2 Å². The van der Waals surface area contributed by atoms with Crippen LogP contribution in [0.3, 0.4) is 0 Å². The average molecular weight is 566 g/mol. The van der Waals surface area contributed by atoms with Gasteiger partial charge in [0.05, 0.1) is 25.1 Å². The van der Waals surface area contributed by atoms with Crippen molar-refractivity contribution in [1.82, 2.24) is 14.8 Å². The van der Waals surface area contributed by atoms with E-state index >= 15 is 0 Å². The first kappa shape index (κ1) is 28.2. The van der Waals surface area contributed by atoms with Gasteiger partial charge in [-0.05, 0) is 61.9 Å². The molecule has 0 saturated carbocycles. The van der Waals surface area contributed by atoms with Gasteiger partial charge in [-0.15, -0.1) is 5.10 Å². The highest BCUT2D eigenvalue weighted by Gasteiger charge is 2.15. The van der Waals surface area contributed by atoms with E-state index in [1.807, 2.05) is 85.8 Å². The third-order valence-corrected chi connectivity index (χ3v) is 6.28. The second kappa shape index (κ2) is 13.4. The molecule has 5 rings (SSSR count). The van der Waals surface area contributed by atoms with Gasteiger partial charge in [0.25, 0.3) is 0 Å². The van der Waals surface area contributed by atoms with Gasteiger partial charge in [0.2, 0.25) is 11.8 Å². The number of rotatable bonds is 12. The Kier molecular flexibility index (Phi) is 8.98. The second-order valence-corrected chi connectivity index (χ2v) is 9.19. The van der Waals surface area contributed by atoms with Crippen LogP contribution in [0.5, 0.6) is 17.4 Å². The molecule has 0 saturated heterocycles. The van der Waals surface area contributed by atoms with Gasteiger partial charge in [0.1, 0.15) is 24.7 Å². The lowest BCUT2D eigenvalue weighted by Gasteiger charge is -2.12. The first-order chi connectivity index (χ1) is 20.5. The molecule has 2 aromatic heterocycles. The van der Waals surface area contributed by atoms with Crippen LogP contribution in [0.25, 0.3) is 23.2 Å². The van der Waals surface area contributed by atoms with E-state index in [2.05, 4.69) is 10.1 Å². The maximum absolute atomic E-state index is 11.9. The fraction of sp³-hybridized carbons (Fsp3) is 0.182. The van der Waals surface area contributed by atoms with Gasteiger partial charge in [-0.2, -0.15) is 0 Å². The van der Waals surface area contributed by atoms with E-state index in [0.29, 0.717) is 47.0 Å². The van der Waals surface area contributed by atoms with Crippen molar-refractivity contribution in [3.05, 3.63) is 114 Å². The Bertz CT molecular complexity index is 1660. The molecular weight excluding hydrogens is 534 g/mol. The SMILES string of the molecule is CCOC(=O)C=Cc1cc(OCc2ccc(OCc3nc(-c4ccccc4)oc3C)c(OC)c2)nn1-c1ccccc1. The number of benzene rings is 3. The second-order valence-electron chi connectivity index (χ2n) is 9.19. The Labute approximate surface area is 243 Å². The molecule has 0 N–H and O–H groups in total. The topological polar surface area (TPSA) is 97.8 Å². The standard InChI is InChI=1S/C33H31N3O6/c1-4-39-32(37)18-16-27-20-31(35-36(27)26-13-9-6-10-14-26)41-21-24-15-17-29(30(19-24)38-3)40-22-28-23(2)42-33(34-28)25-11-7-5-8-12-25/h5-20H,4,21-22H2,1-3H3. The van der Waals surface area contributed by atoms with Gasteiger partial charge < -0.3 is 23.4 Å². The number of aryl methyl sites for hydroxylation is 1. The summed E-state index contributed by atoms with van der Waals surface area (Å²) in [7, 11) is 1.59. The van der Waals surface area contributed by atoms with Gasteiger partial charge in [0, 0.05) is 17.7 Å². The monoisotopic (exact) mass is 565 g/mol. The Morgan fingerprint density at radius 2 is 1.69 bits per heavy atom. The molecule has 2 heterocycles. The number of nitrogens with zero attached hydrogens (tertiary/aromatic N) is 3. The smallest absolute Gasteiger partial charge is 0.330 e. The Morgan fingerprint density at radius 3 is 2.43 bits per heavy atom. The van der Waals surface area contributed by atoms with E-state index in [4.69, 9.17) is 23.4 Å². The van der Waals surface area contributed by atoms with Crippen LogP contribution in [0.2, 0.25) is 0 Å². The zero-order chi connectivity index (χ0) is 29.3. The fourth-order valence-electron chi connectivity index (χ4n) is 4.17. The third-order valence-electron chi connectivity index (χ3n) is 6.28. The molecule has 214 valence electrons. The Hall–Kier alpha value is -5.31. The number of hydrogen-bond acceptors (Lipinski definition) is 8. The largest absolute Gasteiger partial charge is 0.493 e. The molecule has 9 nitrogen and oxygen atoms in total. The number of carbonyl (C=O) groups is 1. The highest BCUT2D eigenvalue weighted by molar-refractivity contribution is 5.86. The first-order valence-electron chi connectivity index (χ1n) is 13.5. The van der Waals surface area contributed by atoms with Crippen molar-refractivity contribution < 1.29 is 28.2 Å². The number of esters is 1. The van der Waals surface area contributed by atoms with Crippen molar-refractivity contribution in [1.29, 1.82) is 0 Å². The number of para-hydroxylation sites is 1. The average Bonchev–Trinajstić information content (AvgIpc) is 3.62. The molecule has 0 aliphatic heterocycles. The summed E-state index contributed by atoms with van der Waals surface area (Å²) in [6.45, 7) is 4.41. The minimum Gasteiger partial charge on any atom is -0.493 e. The Morgan fingerprint density at radius 1 is 0.929 bits per heavy atom. The number of ether oxygens (including phenoxy) is 4. The van der Waals surface area contributed by atoms with Gasteiger partial charge in [0.15, 0.2) is 11.5 Å². The molecule has 0 radical (unpaired) electrons.